The summed E-state index contributed by atoms with van der Waals surface area (Å²) in [6.45, 7) is 7.56. The molecule has 25 heavy (non-hydrogen) atoms. The molecule has 0 N–H and O–H groups in total. The van der Waals surface area contributed by atoms with E-state index in [1.165, 1.54) is 64.2 Å². The molecule has 0 radical (unpaired) electrons. The Hall–Kier alpha value is -0.170. The molecule has 1 aliphatic heterocycles. The van der Waals surface area contributed by atoms with Crippen LogP contribution >= 0.6 is 0 Å². The fraction of sp³-hybridized carbons (Fsp3) is 1.00. The SMILES string of the molecule is CCCCCCCCCCCC[N+]1(CCCS(=O)(=O)[O-])CCOCC1. The molecule has 0 aliphatic carbocycles. The van der Waals surface area contributed by atoms with Crippen molar-refractivity contribution in [2.75, 3.05) is 45.1 Å². The van der Waals surface area contributed by atoms with Gasteiger partial charge in [0.15, 0.2) is 0 Å². The van der Waals surface area contributed by atoms with Gasteiger partial charge in [-0.25, -0.2) is 8.42 Å². The highest BCUT2D eigenvalue weighted by atomic mass is 32.2. The van der Waals surface area contributed by atoms with Gasteiger partial charge in [0.05, 0.1) is 36.4 Å². The summed E-state index contributed by atoms with van der Waals surface area (Å²) >= 11 is 0. The maximum absolute atomic E-state index is 10.8. The Labute approximate surface area is 155 Å². The summed E-state index contributed by atoms with van der Waals surface area (Å²) < 4.78 is 38.9. The van der Waals surface area contributed by atoms with E-state index >= 15 is 0 Å². The van der Waals surface area contributed by atoms with Crippen LogP contribution in [0.3, 0.4) is 0 Å². The number of ether oxygens (including phenoxy) is 1. The zero-order valence-corrected chi connectivity index (χ0v) is 17.0. The van der Waals surface area contributed by atoms with Crippen LogP contribution in [0.15, 0.2) is 0 Å². The molecule has 0 atom stereocenters. The molecule has 0 amide bonds. The average Bonchev–Trinajstić information content (AvgIpc) is 2.56. The van der Waals surface area contributed by atoms with Crippen molar-refractivity contribution < 1.29 is 22.2 Å². The molecule has 1 heterocycles. The van der Waals surface area contributed by atoms with E-state index in [1.807, 2.05) is 0 Å². The smallest absolute Gasteiger partial charge is 0.102 e. The number of quaternary nitrogens is 1. The first-order valence-corrected chi connectivity index (χ1v) is 11.9. The number of rotatable bonds is 15. The minimum Gasteiger partial charge on any atom is -0.748 e. The van der Waals surface area contributed by atoms with E-state index in [0.717, 1.165) is 43.9 Å². The quantitative estimate of drug-likeness (QED) is 0.248. The monoisotopic (exact) mass is 377 g/mol. The highest BCUT2D eigenvalue weighted by Gasteiger charge is 2.29. The van der Waals surface area contributed by atoms with Crippen molar-refractivity contribution in [3.05, 3.63) is 0 Å². The molecule has 5 nitrogen and oxygen atoms in total. The normalized spacial score (nSPS) is 17.7. The molecule has 0 spiro atoms. The second-order valence-corrected chi connectivity index (χ2v) is 9.17. The number of hydrogen-bond donors (Lipinski definition) is 0. The Morgan fingerprint density at radius 3 is 1.80 bits per heavy atom. The van der Waals surface area contributed by atoms with E-state index < -0.39 is 10.1 Å². The van der Waals surface area contributed by atoms with Gasteiger partial charge in [0.25, 0.3) is 0 Å². The zero-order valence-electron chi connectivity index (χ0n) is 16.2. The lowest BCUT2D eigenvalue weighted by atomic mass is 10.1. The van der Waals surface area contributed by atoms with Gasteiger partial charge in [0, 0.05) is 12.2 Å². The predicted molar refractivity (Wildman–Crippen MR) is 102 cm³/mol. The van der Waals surface area contributed by atoms with E-state index in [9.17, 15) is 13.0 Å². The fourth-order valence-electron chi connectivity index (χ4n) is 3.80. The average molecular weight is 378 g/mol. The van der Waals surface area contributed by atoms with Crippen LogP contribution in [0, 0.1) is 0 Å². The third kappa shape index (κ3) is 11.9. The lowest BCUT2D eigenvalue weighted by Crippen LogP contribution is -2.56. The number of hydrogen-bond acceptors (Lipinski definition) is 4. The van der Waals surface area contributed by atoms with Crippen molar-refractivity contribution in [1.82, 2.24) is 0 Å². The Balaban J connectivity index is 2.14. The summed E-state index contributed by atoms with van der Waals surface area (Å²) in [5.41, 5.74) is 0. The minimum atomic E-state index is -4.09. The van der Waals surface area contributed by atoms with Crippen LogP contribution in [0.25, 0.3) is 0 Å². The van der Waals surface area contributed by atoms with Crippen molar-refractivity contribution in [3.8, 4) is 0 Å². The number of unbranched alkanes of at least 4 members (excludes halogenated alkanes) is 9. The summed E-state index contributed by atoms with van der Waals surface area (Å²) in [5, 5.41) is 0. The van der Waals surface area contributed by atoms with Gasteiger partial charge in [-0.15, -0.1) is 0 Å². The van der Waals surface area contributed by atoms with Crippen LogP contribution in [0.2, 0.25) is 0 Å². The van der Waals surface area contributed by atoms with E-state index in [4.69, 9.17) is 4.74 Å². The Kier molecular flexibility index (Phi) is 12.0. The Morgan fingerprint density at radius 2 is 1.28 bits per heavy atom. The second kappa shape index (κ2) is 13.1. The van der Waals surface area contributed by atoms with Crippen molar-refractivity contribution in [2.45, 2.75) is 77.6 Å². The lowest BCUT2D eigenvalue weighted by molar-refractivity contribution is -0.935. The largest absolute Gasteiger partial charge is 0.748 e. The molecular weight excluding hydrogens is 338 g/mol. The van der Waals surface area contributed by atoms with Crippen molar-refractivity contribution in [3.63, 3.8) is 0 Å². The number of nitrogens with zero attached hydrogens (tertiary/aromatic N) is 1. The van der Waals surface area contributed by atoms with Gasteiger partial charge in [-0.3, -0.25) is 0 Å². The summed E-state index contributed by atoms with van der Waals surface area (Å²) in [7, 11) is -4.09. The van der Waals surface area contributed by atoms with Crippen LogP contribution in [-0.4, -0.2) is 62.6 Å². The van der Waals surface area contributed by atoms with E-state index in [2.05, 4.69) is 6.92 Å². The summed E-state index contributed by atoms with van der Waals surface area (Å²) in [4.78, 5) is 0. The van der Waals surface area contributed by atoms with Gasteiger partial charge in [-0.2, -0.15) is 0 Å². The molecule has 6 heteroatoms. The zero-order chi connectivity index (χ0) is 18.4. The van der Waals surface area contributed by atoms with Gasteiger partial charge in [0.1, 0.15) is 13.1 Å². The molecular formula is C19H39NO4S. The van der Waals surface area contributed by atoms with E-state index in [1.54, 1.807) is 0 Å². The third-order valence-electron chi connectivity index (χ3n) is 5.43. The number of morpholine rings is 1. The standard InChI is InChI=1S/C19H39NO4S/c1-2-3-4-5-6-7-8-9-10-11-13-20(15-17-24-18-16-20)14-12-19-25(21,22)23/h2-19H2,1H3. The first-order chi connectivity index (χ1) is 12.0. The summed E-state index contributed by atoms with van der Waals surface area (Å²) in [6, 6.07) is 0. The van der Waals surface area contributed by atoms with E-state index in [0.29, 0.717) is 6.42 Å². The maximum atomic E-state index is 10.8. The highest BCUT2D eigenvalue weighted by molar-refractivity contribution is 7.85. The first-order valence-electron chi connectivity index (χ1n) is 10.3. The van der Waals surface area contributed by atoms with Crippen molar-refractivity contribution in [2.24, 2.45) is 0 Å². The third-order valence-corrected chi connectivity index (χ3v) is 6.22. The van der Waals surface area contributed by atoms with Gasteiger partial charge in [-0.1, -0.05) is 58.3 Å². The summed E-state index contributed by atoms with van der Waals surface area (Å²) in [6.07, 6.45) is 13.8. The Morgan fingerprint density at radius 1 is 0.800 bits per heavy atom. The van der Waals surface area contributed by atoms with Crippen LogP contribution in [-0.2, 0) is 14.9 Å². The van der Waals surface area contributed by atoms with Gasteiger partial charge in [0.2, 0.25) is 0 Å². The van der Waals surface area contributed by atoms with Crippen LogP contribution in [0.4, 0.5) is 0 Å². The molecule has 0 aromatic rings. The van der Waals surface area contributed by atoms with Gasteiger partial charge in [-0.05, 0) is 12.8 Å². The fourth-order valence-corrected chi connectivity index (χ4v) is 4.28. The molecule has 1 aliphatic rings. The van der Waals surface area contributed by atoms with Crippen molar-refractivity contribution >= 4 is 10.1 Å². The molecule has 150 valence electrons. The second-order valence-electron chi connectivity index (χ2n) is 7.65. The molecule has 0 aromatic carbocycles. The first kappa shape index (κ1) is 22.9. The summed E-state index contributed by atoms with van der Waals surface area (Å²) in [5.74, 6) is -0.230. The molecule has 0 saturated carbocycles. The Bertz CT molecular complexity index is 419. The van der Waals surface area contributed by atoms with Crippen LogP contribution in [0.5, 0.6) is 0 Å². The van der Waals surface area contributed by atoms with Crippen molar-refractivity contribution in [1.29, 1.82) is 0 Å². The highest BCUT2D eigenvalue weighted by Crippen LogP contribution is 2.17. The predicted octanol–water partition coefficient (Wildman–Crippen LogP) is 3.69. The molecule has 0 unspecified atom stereocenters. The molecule has 0 aromatic heterocycles. The minimum absolute atomic E-state index is 0.230. The molecule has 0 bridgehead atoms. The van der Waals surface area contributed by atoms with Gasteiger partial charge < -0.3 is 13.8 Å². The topological polar surface area (TPSA) is 66.4 Å². The molecule has 1 fully saturated rings. The van der Waals surface area contributed by atoms with Crippen LogP contribution in [0.1, 0.15) is 77.6 Å². The van der Waals surface area contributed by atoms with E-state index in [-0.39, 0.29) is 5.75 Å². The van der Waals surface area contributed by atoms with Gasteiger partial charge >= 0.3 is 0 Å². The lowest BCUT2D eigenvalue weighted by Gasteiger charge is -2.41. The maximum Gasteiger partial charge on any atom is 0.102 e. The van der Waals surface area contributed by atoms with Crippen LogP contribution < -0.4 is 0 Å². The molecule has 1 rings (SSSR count). The molecule has 1 saturated heterocycles.